The SMILES string of the molecule is CCOc1cc(N)ccc1C1=CCN(/C(=N\C(=O)OC(C)(C)C)NC(=O)OC(C)(C)C)CC1. The van der Waals surface area contributed by atoms with Crippen LogP contribution in [0.3, 0.4) is 0 Å². The highest BCUT2D eigenvalue weighted by atomic mass is 16.6. The van der Waals surface area contributed by atoms with Gasteiger partial charge in [-0.2, -0.15) is 0 Å². The van der Waals surface area contributed by atoms with Gasteiger partial charge in [0.05, 0.1) is 6.61 Å². The summed E-state index contributed by atoms with van der Waals surface area (Å²) in [4.78, 5) is 30.5. The lowest BCUT2D eigenvalue weighted by molar-refractivity contribution is 0.0555. The molecule has 9 heteroatoms. The van der Waals surface area contributed by atoms with Crippen LogP contribution in [-0.4, -0.2) is 53.9 Å². The Bertz CT molecular complexity index is 926. The molecular weight excluding hydrogens is 424 g/mol. The monoisotopic (exact) mass is 460 g/mol. The van der Waals surface area contributed by atoms with Crippen molar-refractivity contribution < 1.29 is 23.8 Å². The Morgan fingerprint density at radius 3 is 2.33 bits per heavy atom. The quantitative estimate of drug-likeness (QED) is 0.385. The lowest BCUT2D eigenvalue weighted by Crippen LogP contribution is -2.48. The number of hydrogen-bond acceptors (Lipinski definition) is 6. The number of nitrogens with one attached hydrogen (secondary N) is 1. The van der Waals surface area contributed by atoms with Crippen LogP contribution in [0, 0.1) is 0 Å². The van der Waals surface area contributed by atoms with Crippen molar-refractivity contribution in [1.82, 2.24) is 10.2 Å². The molecule has 0 saturated carbocycles. The minimum Gasteiger partial charge on any atom is -0.493 e. The zero-order chi connectivity index (χ0) is 24.8. The second-order valence-corrected chi connectivity index (χ2v) is 9.66. The van der Waals surface area contributed by atoms with Crippen molar-refractivity contribution in [3.05, 3.63) is 29.8 Å². The third-order valence-electron chi connectivity index (χ3n) is 4.36. The van der Waals surface area contributed by atoms with Crippen LogP contribution in [-0.2, 0) is 9.47 Å². The smallest absolute Gasteiger partial charge is 0.437 e. The summed E-state index contributed by atoms with van der Waals surface area (Å²) < 4.78 is 16.4. The maximum atomic E-state index is 12.4. The average Bonchev–Trinajstić information content (AvgIpc) is 2.65. The Labute approximate surface area is 196 Å². The fourth-order valence-corrected chi connectivity index (χ4v) is 3.13. The van der Waals surface area contributed by atoms with Crippen LogP contribution in [0.1, 0.15) is 60.5 Å². The molecule has 3 N–H and O–H groups in total. The normalized spacial score (nSPS) is 14.9. The number of ether oxygens (including phenoxy) is 3. The van der Waals surface area contributed by atoms with Gasteiger partial charge < -0.3 is 24.8 Å². The van der Waals surface area contributed by atoms with E-state index in [0.29, 0.717) is 31.8 Å². The van der Waals surface area contributed by atoms with Crippen molar-refractivity contribution in [3.8, 4) is 5.75 Å². The highest BCUT2D eigenvalue weighted by Gasteiger charge is 2.25. The van der Waals surface area contributed by atoms with Gasteiger partial charge in [-0.3, -0.25) is 5.32 Å². The van der Waals surface area contributed by atoms with Crippen molar-refractivity contribution in [1.29, 1.82) is 0 Å². The van der Waals surface area contributed by atoms with E-state index in [9.17, 15) is 9.59 Å². The Morgan fingerprint density at radius 2 is 1.79 bits per heavy atom. The Kier molecular flexibility index (Phi) is 8.35. The molecule has 1 aliphatic rings. The van der Waals surface area contributed by atoms with Crippen molar-refractivity contribution in [2.24, 2.45) is 4.99 Å². The van der Waals surface area contributed by atoms with Crippen molar-refractivity contribution in [2.45, 2.75) is 66.1 Å². The summed E-state index contributed by atoms with van der Waals surface area (Å²) in [5, 5.41) is 2.60. The van der Waals surface area contributed by atoms with Gasteiger partial charge in [-0.05, 0) is 72.6 Å². The first kappa shape index (κ1) is 26.0. The molecule has 0 unspecified atom stereocenters. The summed E-state index contributed by atoms with van der Waals surface area (Å²) in [5.74, 6) is 0.808. The number of rotatable bonds is 3. The van der Waals surface area contributed by atoms with Crippen molar-refractivity contribution >= 4 is 29.4 Å². The van der Waals surface area contributed by atoms with Gasteiger partial charge in [-0.1, -0.05) is 6.08 Å². The molecule has 1 aliphatic heterocycles. The molecule has 33 heavy (non-hydrogen) atoms. The molecule has 9 nitrogen and oxygen atoms in total. The highest BCUT2D eigenvalue weighted by Crippen LogP contribution is 2.32. The first-order valence-corrected chi connectivity index (χ1v) is 11.1. The van der Waals surface area contributed by atoms with Gasteiger partial charge in [0.1, 0.15) is 17.0 Å². The number of nitrogens with two attached hydrogens (primary N) is 1. The molecule has 2 rings (SSSR count). The predicted molar refractivity (Wildman–Crippen MR) is 129 cm³/mol. The van der Waals surface area contributed by atoms with Gasteiger partial charge in [0.25, 0.3) is 0 Å². The van der Waals surface area contributed by atoms with E-state index in [0.717, 1.165) is 16.9 Å². The molecule has 0 bridgehead atoms. The van der Waals surface area contributed by atoms with Crippen molar-refractivity contribution in [2.75, 3.05) is 25.4 Å². The molecule has 1 aromatic carbocycles. The number of carbonyl (C=O) groups is 2. The number of nitrogen functional groups attached to an aromatic ring is 1. The van der Waals surface area contributed by atoms with Crippen molar-refractivity contribution in [3.63, 3.8) is 0 Å². The summed E-state index contributed by atoms with van der Waals surface area (Å²) in [7, 11) is 0. The van der Waals surface area contributed by atoms with E-state index in [4.69, 9.17) is 19.9 Å². The van der Waals surface area contributed by atoms with Crippen LogP contribution in [0.15, 0.2) is 29.3 Å². The van der Waals surface area contributed by atoms with Crippen LogP contribution < -0.4 is 15.8 Å². The summed E-state index contributed by atoms with van der Waals surface area (Å²) >= 11 is 0. The van der Waals surface area contributed by atoms with Crippen LogP contribution in [0.5, 0.6) is 5.75 Å². The third kappa shape index (κ3) is 8.67. The molecule has 0 spiro atoms. The summed E-state index contributed by atoms with van der Waals surface area (Å²) in [5.41, 5.74) is 7.19. The number of benzene rings is 1. The van der Waals surface area contributed by atoms with E-state index in [-0.39, 0.29) is 5.96 Å². The molecule has 1 heterocycles. The fraction of sp³-hybridized carbons (Fsp3) is 0.542. The molecule has 182 valence electrons. The van der Waals surface area contributed by atoms with E-state index in [2.05, 4.69) is 10.3 Å². The molecule has 2 amide bonds. The molecular formula is C24H36N4O5. The second-order valence-electron chi connectivity index (χ2n) is 9.66. The van der Waals surface area contributed by atoms with Crippen LogP contribution in [0.25, 0.3) is 5.57 Å². The molecule has 0 fully saturated rings. The zero-order valence-electron chi connectivity index (χ0n) is 20.7. The lowest BCUT2D eigenvalue weighted by Gasteiger charge is -2.30. The Balaban J connectivity index is 2.26. The maximum absolute atomic E-state index is 12.4. The first-order chi connectivity index (χ1) is 15.3. The van der Waals surface area contributed by atoms with Gasteiger partial charge in [0.15, 0.2) is 0 Å². The predicted octanol–water partition coefficient (Wildman–Crippen LogP) is 4.57. The van der Waals surface area contributed by atoms with Gasteiger partial charge in [-0.25, -0.2) is 9.59 Å². The minimum absolute atomic E-state index is 0.0798. The number of nitrogens with zero attached hydrogens (tertiary/aromatic N) is 2. The number of amides is 2. The highest BCUT2D eigenvalue weighted by molar-refractivity contribution is 5.99. The Hall–Kier alpha value is -3.23. The molecule has 0 saturated heterocycles. The molecule has 1 aromatic rings. The first-order valence-electron chi connectivity index (χ1n) is 11.1. The number of anilines is 1. The largest absolute Gasteiger partial charge is 0.493 e. The topological polar surface area (TPSA) is 115 Å². The van der Waals surface area contributed by atoms with Gasteiger partial charge in [0.2, 0.25) is 5.96 Å². The van der Waals surface area contributed by atoms with Gasteiger partial charge in [-0.15, -0.1) is 4.99 Å². The van der Waals surface area contributed by atoms with Gasteiger partial charge >= 0.3 is 12.2 Å². The third-order valence-corrected chi connectivity index (χ3v) is 4.36. The number of hydrogen-bond donors (Lipinski definition) is 2. The number of guanidine groups is 1. The summed E-state index contributed by atoms with van der Waals surface area (Å²) in [6.45, 7) is 13.9. The van der Waals surface area contributed by atoms with E-state index < -0.39 is 23.4 Å². The van der Waals surface area contributed by atoms with Crippen LogP contribution >= 0.6 is 0 Å². The standard InChI is InChI=1S/C24H36N4O5/c1-8-31-19-15-17(25)9-10-18(19)16-11-13-28(14-12-16)20(26-21(29)32-23(2,3)4)27-22(30)33-24(5,6)7/h9-11,15H,8,12-14,25H2,1-7H3,(H,26,27,29,30). The fourth-order valence-electron chi connectivity index (χ4n) is 3.13. The summed E-state index contributed by atoms with van der Waals surface area (Å²) in [6.07, 6.45) is 1.17. The molecule has 0 radical (unpaired) electrons. The Morgan fingerprint density at radius 1 is 1.12 bits per heavy atom. The van der Waals surface area contributed by atoms with Crippen LogP contribution in [0.2, 0.25) is 0 Å². The van der Waals surface area contributed by atoms with E-state index >= 15 is 0 Å². The molecule has 0 aliphatic carbocycles. The number of carbonyl (C=O) groups excluding carboxylic acids is 2. The maximum Gasteiger partial charge on any atom is 0.437 e. The number of aliphatic imine (C=N–C) groups is 1. The molecule has 0 aromatic heterocycles. The second kappa shape index (κ2) is 10.6. The lowest BCUT2D eigenvalue weighted by atomic mass is 9.98. The molecule has 0 atom stereocenters. The van der Waals surface area contributed by atoms with E-state index in [1.165, 1.54) is 0 Å². The van der Waals surface area contributed by atoms with Crippen LogP contribution in [0.4, 0.5) is 15.3 Å². The van der Waals surface area contributed by atoms with Gasteiger partial charge in [0, 0.05) is 30.4 Å². The van der Waals surface area contributed by atoms with E-state index in [1.807, 2.05) is 31.2 Å². The minimum atomic E-state index is -0.791. The zero-order valence-corrected chi connectivity index (χ0v) is 20.7. The average molecular weight is 461 g/mol. The van der Waals surface area contributed by atoms with E-state index in [1.54, 1.807) is 46.4 Å². The number of alkyl carbamates (subject to hydrolysis) is 1. The summed E-state index contributed by atoms with van der Waals surface area (Å²) in [6, 6.07) is 5.59.